The van der Waals surface area contributed by atoms with Crippen LogP contribution in [0.15, 0.2) is 54.6 Å². The molecular weight excluding hydrogens is 336 g/mol. The highest BCUT2D eigenvalue weighted by molar-refractivity contribution is 5.97. The largest absolute Gasteiger partial charge is 0.356 e. The second-order valence-corrected chi connectivity index (χ2v) is 7.81. The maximum atomic E-state index is 12.6. The molecule has 2 aromatic rings. The molecule has 0 unspecified atom stereocenters. The molecular formula is C23H28N2O2. The van der Waals surface area contributed by atoms with Crippen LogP contribution in [-0.2, 0) is 21.4 Å². The lowest BCUT2D eigenvalue weighted by Gasteiger charge is -2.38. The first-order valence-electron chi connectivity index (χ1n) is 9.68. The van der Waals surface area contributed by atoms with E-state index in [2.05, 4.69) is 37.4 Å². The highest BCUT2D eigenvalue weighted by Gasteiger charge is 2.35. The van der Waals surface area contributed by atoms with Crippen LogP contribution in [-0.4, -0.2) is 24.9 Å². The molecule has 0 aliphatic carbocycles. The summed E-state index contributed by atoms with van der Waals surface area (Å²) in [7, 11) is 0. The number of rotatable bonds is 7. The van der Waals surface area contributed by atoms with Crippen molar-refractivity contribution in [1.29, 1.82) is 0 Å². The summed E-state index contributed by atoms with van der Waals surface area (Å²) in [5.74, 6) is 0.187. The monoisotopic (exact) mass is 364 g/mol. The first kappa shape index (κ1) is 19.2. The smallest absolute Gasteiger partial charge is 0.227 e. The molecule has 2 aromatic carbocycles. The fourth-order valence-electron chi connectivity index (χ4n) is 3.71. The molecule has 0 bridgehead atoms. The third-order valence-electron chi connectivity index (χ3n) is 5.18. The minimum absolute atomic E-state index is 0.0454. The highest BCUT2D eigenvalue weighted by Crippen LogP contribution is 2.39. The molecule has 0 fully saturated rings. The molecule has 3 rings (SSSR count). The number of para-hydroxylation sites is 1. The maximum Gasteiger partial charge on any atom is 0.227 e. The number of nitrogens with one attached hydrogen (secondary N) is 1. The summed E-state index contributed by atoms with van der Waals surface area (Å²) >= 11 is 0. The second-order valence-electron chi connectivity index (χ2n) is 7.81. The van der Waals surface area contributed by atoms with Gasteiger partial charge in [0.05, 0.1) is 0 Å². The van der Waals surface area contributed by atoms with Gasteiger partial charge in [0.2, 0.25) is 11.8 Å². The van der Waals surface area contributed by atoms with E-state index in [1.807, 2.05) is 41.3 Å². The number of benzene rings is 2. The van der Waals surface area contributed by atoms with Gasteiger partial charge in [-0.15, -0.1) is 0 Å². The summed E-state index contributed by atoms with van der Waals surface area (Å²) < 4.78 is 0. The zero-order valence-electron chi connectivity index (χ0n) is 16.2. The molecule has 1 heterocycles. The standard InChI is InChI=1S/C23H28N2O2/c1-23(2)17-22(27)25(20-12-7-6-11-19(20)23)16-8-13-21(26)24-15-14-18-9-4-3-5-10-18/h3-7,9-12H,8,13-17H2,1-2H3,(H,24,26). The first-order chi connectivity index (χ1) is 13.0. The molecule has 142 valence electrons. The summed E-state index contributed by atoms with van der Waals surface area (Å²) in [6.45, 7) is 5.45. The van der Waals surface area contributed by atoms with E-state index in [4.69, 9.17) is 0 Å². The highest BCUT2D eigenvalue weighted by atomic mass is 16.2. The van der Waals surface area contributed by atoms with Gasteiger partial charge in [0.15, 0.2) is 0 Å². The number of carbonyl (C=O) groups excluding carboxylic acids is 2. The van der Waals surface area contributed by atoms with Gasteiger partial charge in [-0.2, -0.15) is 0 Å². The molecule has 0 saturated carbocycles. The Labute approximate surface area is 161 Å². The molecule has 4 heteroatoms. The predicted molar refractivity (Wildman–Crippen MR) is 109 cm³/mol. The Morgan fingerprint density at radius 1 is 1.07 bits per heavy atom. The fourth-order valence-corrected chi connectivity index (χ4v) is 3.71. The molecule has 4 nitrogen and oxygen atoms in total. The topological polar surface area (TPSA) is 49.4 Å². The Morgan fingerprint density at radius 3 is 2.56 bits per heavy atom. The minimum atomic E-state index is -0.140. The van der Waals surface area contributed by atoms with E-state index in [1.165, 1.54) is 11.1 Å². The van der Waals surface area contributed by atoms with E-state index in [9.17, 15) is 9.59 Å². The normalized spacial score (nSPS) is 15.3. The van der Waals surface area contributed by atoms with Crippen LogP contribution in [0.3, 0.4) is 0 Å². The van der Waals surface area contributed by atoms with Crippen molar-refractivity contribution < 1.29 is 9.59 Å². The molecule has 0 atom stereocenters. The lowest BCUT2D eigenvalue weighted by molar-refractivity contribution is -0.122. The molecule has 0 saturated heterocycles. The van der Waals surface area contributed by atoms with Gasteiger partial charge in [-0.05, 0) is 30.0 Å². The van der Waals surface area contributed by atoms with Crippen molar-refractivity contribution in [3.8, 4) is 0 Å². The van der Waals surface area contributed by atoms with Gasteiger partial charge in [0.1, 0.15) is 0 Å². The summed E-state index contributed by atoms with van der Waals surface area (Å²) in [6, 6.07) is 18.2. The molecule has 0 radical (unpaired) electrons. The number of amides is 2. The van der Waals surface area contributed by atoms with Gasteiger partial charge in [-0.1, -0.05) is 62.4 Å². The maximum absolute atomic E-state index is 12.6. The Bertz CT molecular complexity index is 799. The second kappa shape index (κ2) is 8.38. The Balaban J connectivity index is 1.48. The number of nitrogens with zero attached hydrogens (tertiary/aromatic N) is 1. The Hall–Kier alpha value is -2.62. The fraction of sp³-hybridized carbons (Fsp3) is 0.391. The van der Waals surface area contributed by atoms with Crippen LogP contribution in [0, 0.1) is 0 Å². The third-order valence-corrected chi connectivity index (χ3v) is 5.18. The summed E-state index contributed by atoms with van der Waals surface area (Å²) in [5, 5.41) is 2.97. The van der Waals surface area contributed by atoms with Crippen molar-refractivity contribution in [2.45, 2.75) is 44.9 Å². The van der Waals surface area contributed by atoms with E-state index in [-0.39, 0.29) is 17.2 Å². The number of hydrogen-bond acceptors (Lipinski definition) is 2. The number of hydrogen-bond donors (Lipinski definition) is 1. The van der Waals surface area contributed by atoms with Crippen LogP contribution in [0.4, 0.5) is 5.69 Å². The van der Waals surface area contributed by atoms with E-state index >= 15 is 0 Å². The predicted octanol–water partition coefficient (Wildman–Crippen LogP) is 3.84. The molecule has 0 spiro atoms. The average Bonchev–Trinajstić information content (AvgIpc) is 2.65. The van der Waals surface area contributed by atoms with Crippen LogP contribution >= 0.6 is 0 Å². The van der Waals surface area contributed by atoms with Crippen molar-refractivity contribution in [2.75, 3.05) is 18.0 Å². The van der Waals surface area contributed by atoms with Crippen LogP contribution in [0.25, 0.3) is 0 Å². The van der Waals surface area contributed by atoms with Gasteiger partial charge in [0, 0.05) is 37.0 Å². The van der Waals surface area contributed by atoms with Crippen molar-refractivity contribution in [2.24, 2.45) is 0 Å². The van der Waals surface area contributed by atoms with Crippen LogP contribution in [0.5, 0.6) is 0 Å². The average molecular weight is 364 g/mol. The molecule has 27 heavy (non-hydrogen) atoms. The molecule has 0 aromatic heterocycles. The summed E-state index contributed by atoms with van der Waals surface area (Å²) in [4.78, 5) is 26.5. The number of carbonyl (C=O) groups is 2. The lowest BCUT2D eigenvalue weighted by Crippen LogP contribution is -2.42. The summed E-state index contributed by atoms with van der Waals surface area (Å²) in [6.07, 6.45) is 2.44. The molecule has 1 aliphatic heterocycles. The van der Waals surface area contributed by atoms with Crippen LogP contribution < -0.4 is 10.2 Å². The van der Waals surface area contributed by atoms with Crippen molar-refractivity contribution >= 4 is 17.5 Å². The zero-order chi connectivity index (χ0) is 19.3. The summed E-state index contributed by atoms with van der Waals surface area (Å²) in [5.41, 5.74) is 3.27. The van der Waals surface area contributed by atoms with Crippen LogP contribution in [0.2, 0.25) is 0 Å². The zero-order valence-corrected chi connectivity index (χ0v) is 16.2. The lowest BCUT2D eigenvalue weighted by atomic mass is 9.77. The van der Waals surface area contributed by atoms with Gasteiger partial charge in [-0.3, -0.25) is 9.59 Å². The third kappa shape index (κ3) is 4.76. The van der Waals surface area contributed by atoms with E-state index in [0.717, 1.165) is 12.1 Å². The quantitative estimate of drug-likeness (QED) is 0.811. The molecule has 1 N–H and O–H groups in total. The van der Waals surface area contributed by atoms with Gasteiger partial charge < -0.3 is 10.2 Å². The van der Waals surface area contributed by atoms with Crippen molar-refractivity contribution in [3.63, 3.8) is 0 Å². The van der Waals surface area contributed by atoms with Gasteiger partial charge in [0.25, 0.3) is 0 Å². The van der Waals surface area contributed by atoms with Crippen molar-refractivity contribution in [1.82, 2.24) is 5.32 Å². The van der Waals surface area contributed by atoms with E-state index in [0.29, 0.717) is 32.4 Å². The number of anilines is 1. The molecule has 1 aliphatic rings. The minimum Gasteiger partial charge on any atom is -0.356 e. The van der Waals surface area contributed by atoms with Gasteiger partial charge in [-0.25, -0.2) is 0 Å². The SMILES string of the molecule is CC1(C)CC(=O)N(CCCC(=O)NCCc2ccccc2)c2ccccc21. The Kier molecular flexibility index (Phi) is 5.94. The number of fused-ring (bicyclic) bond motifs is 1. The Morgan fingerprint density at radius 2 is 1.78 bits per heavy atom. The van der Waals surface area contributed by atoms with Gasteiger partial charge >= 0.3 is 0 Å². The van der Waals surface area contributed by atoms with Crippen molar-refractivity contribution in [3.05, 3.63) is 65.7 Å². The molecule has 2 amide bonds. The van der Waals surface area contributed by atoms with Crippen LogP contribution in [0.1, 0.15) is 44.2 Å². The van der Waals surface area contributed by atoms with E-state index < -0.39 is 0 Å². The first-order valence-corrected chi connectivity index (χ1v) is 9.68. The van der Waals surface area contributed by atoms with E-state index in [1.54, 1.807) is 0 Å².